The van der Waals surface area contributed by atoms with Crippen molar-refractivity contribution in [3.8, 4) is 11.5 Å². The summed E-state index contributed by atoms with van der Waals surface area (Å²) in [4.78, 5) is 32.7. The van der Waals surface area contributed by atoms with E-state index in [0.29, 0.717) is 34.3 Å². The van der Waals surface area contributed by atoms with Gasteiger partial charge < -0.3 is 14.6 Å². The number of ketones is 1. The summed E-state index contributed by atoms with van der Waals surface area (Å²) < 4.78 is 25.4. The molecule has 1 fully saturated rings. The maximum absolute atomic E-state index is 13.5. The van der Waals surface area contributed by atoms with Crippen molar-refractivity contribution in [2.75, 3.05) is 18.6 Å². The zero-order valence-electron chi connectivity index (χ0n) is 20.8. The van der Waals surface area contributed by atoms with E-state index in [-0.39, 0.29) is 16.9 Å². The Morgan fingerprint density at radius 1 is 1.05 bits per heavy atom. The number of carbonyl (C=O) groups is 2. The lowest BCUT2D eigenvalue weighted by molar-refractivity contribution is -0.132. The van der Waals surface area contributed by atoms with Crippen molar-refractivity contribution in [2.24, 2.45) is 0 Å². The number of amides is 1. The van der Waals surface area contributed by atoms with Crippen LogP contribution in [0.5, 0.6) is 11.5 Å². The Morgan fingerprint density at radius 3 is 2.45 bits per heavy atom. The Hall–Kier alpha value is -4.24. The van der Waals surface area contributed by atoms with Crippen LogP contribution in [0.2, 0.25) is 0 Å². The quantitative estimate of drug-likeness (QED) is 0.125. The van der Waals surface area contributed by atoms with Crippen LogP contribution in [0, 0.1) is 5.82 Å². The minimum absolute atomic E-state index is 0.0990. The molecule has 1 aliphatic heterocycles. The number of hydrogen-bond donors (Lipinski definition) is 1. The van der Waals surface area contributed by atoms with Gasteiger partial charge in [-0.3, -0.25) is 14.5 Å². The lowest BCUT2D eigenvalue weighted by atomic mass is 9.95. The molecule has 0 radical (unpaired) electrons. The van der Waals surface area contributed by atoms with Gasteiger partial charge in [0.1, 0.15) is 23.1 Å². The normalized spacial score (nSPS) is 16.8. The minimum Gasteiger partial charge on any atom is -0.507 e. The summed E-state index contributed by atoms with van der Waals surface area (Å²) in [7, 11) is 1.56. The SMILES string of the molecule is CCCCOc1ccc(C2C(=C(O)c3ccc(F)cc3)C(=O)C(=O)N2c2nc3ccc(OC)cc3s2)cc1. The third-order valence-corrected chi connectivity index (χ3v) is 7.33. The predicted octanol–water partition coefficient (Wildman–Crippen LogP) is 6.25. The van der Waals surface area contributed by atoms with Crippen LogP contribution < -0.4 is 14.4 Å². The number of fused-ring (bicyclic) bond motifs is 1. The summed E-state index contributed by atoms with van der Waals surface area (Å²) in [5.74, 6) is -1.24. The second kappa shape index (κ2) is 10.6. The standard InChI is InChI=1S/C29H25FN2O5S/c1-3-4-15-37-20-11-7-17(8-12-20)25-24(26(33)18-5-9-19(30)10-6-18)27(34)28(35)32(25)29-31-22-14-13-21(36-2)16-23(22)38-29/h5-14,16,25,33H,3-4,15H2,1-2H3. The fourth-order valence-corrected chi connectivity index (χ4v) is 5.33. The first-order valence-electron chi connectivity index (χ1n) is 12.2. The first-order chi connectivity index (χ1) is 18.4. The number of aliphatic hydroxyl groups is 1. The van der Waals surface area contributed by atoms with E-state index >= 15 is 0 Å². The maximum atomic E-state index is 13.5. The minimum atomic E-state index is -0.952. The molecule has 7 nitrogen and oxygen atoms in total. The molecule has 1 aromatic heterocycles. The van der Waals surface area contributed by atoms with E-state index in [1.807, 2.05) is 6.07 Å². The van der Waals surface area contributed by atoms with Crippen molar-refractivity contribution in [1.82, 2.24) is 4.98 Å². The highest BCUT2D eigenvalue weighted by molar-refractivity contribution is 7.22. The van der Waals surface area contributed by atoms with Crippen molar-refractivity contribution in [3.63, 3.8) is 0 Å². The van der Waals surface area contributed by atoms with Gasteiger partial charge in [-0.2, -0.15) is 0 Å². The molecule has 1 N–H and O–H groups in total. The number of unbranched alkanes of at least 4 members (excludes halogenated alkanes) is 1. The van der Waals surface area contributed by atoms with Crippen LogP contribution in [0.25, 0.3) is 16.0 Å². The van der Waals surface area contributed by atoms with Crippen LogP contribution in [-0.2, 0) is 9.59 Å². The molecule has 1 aliphatic rings. The Bertz CT molecular complexity index is 1530. The molecule has 1 saturated heterocycles. The first kappa shape index (κ1) is 25.4. The van der Waals surface area contributed by atoms with E-state index in [1.54, 1.807) is 43.5 Å². The van der Waals surface area contributed by atoms with E-state index in [1.165, 1.54) is 40.5 Å². The van der Waals surface area contributed by atoms with Crippen LogP contribution >= 0.6 is 11.3 Å². The number of methoxy groups -OCH3 is 1. The summed E-state index contributed by atoms with van der Waals surface area (Å²) in [5.41, 5.74) is 1.36. The summed E-state index contributed by atoms with van der Waals surface area (Å²) in [6.45, 7) is 2.66. The Morgan fingerprint density at radius 2 is 1.76 bits per heavy atom. The Balaban J connectivity index is 1.63. The molecule has 9 heteroatoms. The van der Waals surface area contributed by atoms with Gasteiger partial charge in [-0.1, -0.05) is 36.8 Å². The summed E-state index contributed by atoms with van der Waals surface area (Å²) >= 11 is 1.24. The summed E-state index contributed by atoms with van der Waals surface area (Å²) in [6.07, 6.45) is 1.92. The molecule has 1 atom stereocenters. The number of halogens is 1. The molecule has 194 valence electrons. The van der Waals surface area contributed by atoms with Crippen LogP contribution in [-0.4, -0.2) is 35.5 Å². The topological polar surface area (TPSA) is 89.0 Å². The number of aliphatic hydroxyl groups excluding tert-OH is 1. The van der Waals surface area contributed by atoms with Crippen LogP contribution in [0.4, 0.5) is 9.52 Å². The van der Waals surface area contributed by atoms with Crippen molar-refractivity contribution < 1.29 is 28.6 Å². The number of hydrogen-bond acceptors (Lipinski definition) is 7. The fraction of sp³-hybridized carbons (Fsp3) is 0.207. The third kappa shape index (κ3) is 4.72. The molecule has 2 heterocycles. The van der Waals surface area contributed by atoms with Crippen molar-refractivity contribution in [1.29, 1.82) is 0 Å². The van der Waals surface area contributed by atoms with Crippen molar-refractivity contribution in [3.05, 3.63) is 89.2 Å². The Kier molecular flexibility index (Phi) is 7.11. The number of nitrogens with zero attached hydrogens (tertiary/aromatic N) is 2. The first-order valence-corrected chi connectivity index (χ1v) is 13.0. The molecule has 1 amide bonds. The van der Waals surface area contributed by atoms with Crippen molar-refractivity contribution >= 4 is 44.1 Å². The molecule has 5 rings (SSSR count). The van der Waals surface area contributed by atoms with E-state index < -0.39 is 23.5 Å². The highest BCUT2D eigenvalue weighted by Crippen LogP contribution is 2.44. The molecule has 4 aromatic rings. The van der Waals surface area contributed by atoms with Gasteiger partial charge in [-0.05, 0) is 66.6 Å². The average Bonchev–Trinajstić information content (AvgIpc) is 3.46. The number of carbonyl (C=O) groups excluding carboxylic acids is 2. The fourth-order valence-electron chi connectivity index (χ4n) is 4.31. The Labute approximate surface area is 222 Å². The maximum Gasteiger partial charge on any atom is 0.301 e. The number of aromatic nitrogens is 1. The molecule has 3 aromatic carbocycles. The lowest BCUT2D eigenvalue weighted by Crippen LogP contribution is -2.29. The molecule has 1 unspecified atom stereocenters. The van der Waals surface area contributed by atoms with Crippen LogP contribution in [0.1, 0.15) is 36.9 Å². The number of thiazole rings is 1. The summed E-state index contributed by atoms with van der Waals surface area (Å²) in [6, 6.07) is 16.6. The summed E-state index contributed by atoms with van der Waals surface area (Å²) in [5, 5.41) is 11.5. The number of ether oxygens (including phenoxy) is 2. The van der Waals surface area contributed by atoms with Gasteiger partial charge >= 0.3 is 5.91 Å². The second-order valence-electron chi connectivity index (χ2n) is 8.78. The molecule has 0 saturated carbocycles. The molecule has 0 spiro atoms. The van der Waals surface area contributed by atoms with Gasteiger partial charge in [0, 0.05) is 5.56 Å². The van der Waals surface area contributed by atoms with Gasteiger partial charge in [-0.25, -0.2) is 9.37 Å². The zero-order chi connectivity index (χ0) is 26.8. The van der Waals surface area contributed by atoms with E-state index in [4.69, 9.17) is 9.47 Å². The molecular weight excluding hydrogens is 507 g/mol. The number of rotatable bonds is 8. The molecule has 38 heavy (non-hydrogen) atoms. The smallest absolute Gasteiger partial charge is 0.301 e. The lowest BCUT2D eigenvalue weighted by Gasteiger charge is -2.23. The zero-order valence-corrected chi connectivity index (χ0v) is 21.6. The average molecular weight is 533 g/mol. The van der Waals surface area contributed by atoms with E-state index in [0.717, 1.165) is 17.5 Å². The van der Waals surface area contributed by atoms with Gasteiger partial charge in [0.05, 0.1) is 35.5 Å². The number of anilines is 1. The second-order valence-corrected chi connectivity index (χ2v) is 9.79. The monoisotopic (exact) mass is 532 g/mol. The molecular formula is C29H25FN2O5S. The van der Waals surface area contributed by atoms with Crippen LogP contribution in [0.15, 0.2) is 72.3 Å². The van der Waals surface area contributed by atoms with Gasteiger partial charge in [0.25, 0.3) is 5.78 Å². The molecule has 0 bridgehead atoms. The van der Waals surface area contributed by atoms with Crippen molar-refractivity contribution in [2.45, 2.75) is 25.8 Å². The van der Waals surface area contributed by atoms with Crippen LogP contribution in [0.3, 0.4) is 0 Å². The number of benzene rings is 3. The van der Waals surface area contributed by atoms with E-state index in [9.17, 15) is 19.1 Å². The van der Waals surface area contributed by atoms with Gasteiger partial charge in [0.2, 0.25) is 0 Å². The highest BCUT2D eigenvalue weighted by atomic mass is 32.1. The highest BCUT2D eigenvalue weighted by Gasteiger charge is 2.48. The molecule has 0 aliphatic carbocycles. The van der Waals surface area contributed by atoms with Gasteiger partial charge in [-0.15, -0.1) is 0 Å². The third-order valence-electron chi connectivity index (χ3n) is 6.31. The number of Topliss-reactive ketones (excluding diaryl/α,β-unsaturated/α-hetero) is 1. The largest absolute Gasteiger partial charge is 0.507 e. The predicted molar refractivity (Wildman–Crippen MR) is 144 cm³/mol. The van der Waals surface area contributed by atoms with Gasteiger partial charge in [0.15, 0.2) is 5.13 Å². The van der Waals surface area contributed by atoms with E-state index in [2.05, 4.69) is 11.9 Å².